The Bertz CT molecular complexity index is 411. The van der Waals surface area contributed by atoms with Gasteiger partial charge in [-0.2, -0.15) is 0 Å². The van der Waals surface area contributed by atoms with Crippen molar-refractivity contribution in [3.63, 3.8) is 0 Å². The highest BCUT2D eigenvalue weighted by molar-refractivity contribution is 7.13. The minimum Gasteiger partial charge on any atom is -0.481 e. The number of anilines is 1. The van der Waals surface area contributed by atoms with E-state index < -0.39 is 5.97 Å². The van der Waals surface area contributed by atoms with E-state index in [1.165, 1.54) is 25.7 Å². The summed E-state index contributed by atoms with van der Waals surface area (Å²) in [5.74, 6) is 0.0227. The Morgan fingerprint density at radius 1 is 1.50 bits per heavy atom. The predicted octanol–water partition coefficient (Wildman–Crippen LogP) is 2.79. The molecule has 0 saturated heterocycles. The molecule has 5 heteroatoms. The van der Waals surface area contributed by atoms with Crippen molar-refractivity contribution in [3.05, 3.63) is 11.1 Å². The summed E-state index contributed by atoms with van der Waals surface area (Å²) in [7, 11) is 2.07. The van der Waals surface area contributed by atoms with Gasteiger partial charge in [0, 0.05) is 18.5 Å². The second-order valence-electron chi connectivity index (χ2n) is 5.22. The Morgan fingerprint density at radius 3 is 2.78 bits per heavy atom. The first-order chi connectivity index (χ1) is 8.56. The molecule has 0 radical (unpaired) electrons. The molecule has 0 unspecified atom stereocenters. The molecule has 18 heavy (non-hydrogen) atoms. The van der Waals surface area contributed by atoms with Crippen molar-refractivity contribution in [2.75, 3.05) is 11.9 Å². The van der Waals surface area contributed by atoms with Gasteiger partial charge in [0.1, 0.15) is 0 Å². The van der Waals surface area contributed by atoms with Crippen LogP contribution in [0.2, 0.25) is 0 Å². The highest BCUT2D eigenvalue weighted by Crippen LogP contribution is 2.30. The molecule has 0 spiro atoms. The summed E-state index contributed by atoms with van der Waals surface area (Å²) in [5.41, 5.74) is 0.665. The van der Waals surface area contributed by atoms with E-state index in [1.54, 1.807) is 11.3 Å². The Morgan fingerprint density at radius 2 is 2.17 bits per heavy atom. The van der Waals surface area contributed by atoms with Crippen LogP contribution in [-0.2, 0) is 11.2 Å². The fraction of sp³-hybridized carbons (Fsp3) is 0.692. The van der Waals surface area contributed by atoms with Crippen LogP contribution in [0, 0.1) is 5.92 Å². The van der Waals surface area contributed by atoms with Gasteiger partial charge in [0.15, 0.2) is 5.13 Å². The molecular formula is C13H20N2O2S. The molecule has 0 amide bonds. The summed E-state index contributed by atoms with van der Waals surface area (Å²) in [5, 5.41) is 11.5. The lowest BCUT2D eigenvalue weighted by molar-refractivity contribution is -0.136. The van der Waals surface area contributed by atoms with E-state index in [1.807, 2.05) is 5.38 Å². The number of carboxylic acid groups (broad SMARTS) is 1. The zero-order valence-electron chi connectivity index (χ0n) is 10.9. The minimum absolute atomic E-state index is 0.0199. The molecule has 1 aliphatic rings. The molecule has 1 saturated carbocycles. The summed E-state index contributed by atoms with van der Waals surface area (Å²) in [6.45, 7) is 2.31. The second-order valence-corrected chi connectivity index (χ2v) is 6.05. The van der Waals surface area contributed by atoms with Crippen molar-refractivity contribution in [1.29, 1.82) is 0 Å². The van der Waals surface area contributed by atoms with E-state index in [0.29, 0.717) is 11.7 Å². The fourth-order valence-electron chi connectivity index (χ4n) is 2.48. The van der Waals surface area contributed by atoms with Crippen LogP contribution in [0.4, 0.5) is 5.13 Å². The summed E-state index contributed by atoms with van der Waals surface area (Å²) in [4.78, 5) is 17.3. The van der Waals surface area contributed by atoms with Crippen LogP contribution in [0.5, 0.6) is 0 Å². The average molecular weight is 268 g/mol. The van der Waals surface area contributed by atoms with Crippen molar-refractivity contribution < 1.29 is 9.90 Å². The SMILES string of the molecule is CC1CCC(N(C)c2nc(CC(=O)O)cs2)CC1. The maximum atomic E-state index is 10.6. The van der Waals surface area contributed by atoms with E-state index in [2.05, 4.69) is 23.9 Å². The van der Waals surface area contributed by atoms with Gasteiger partial charge in [-0.25, -0.2) is 4.98 Å². The maximum absolute atomic E-state index is 10.6. The lowest BCUT2D eigenvalue weighted by atomic mass is 9.87. The van der Waals surface area contributed by atoms with E-state index in [-0.39, 0.29) is 6.42 Å². The zero-order valence-corrected chi connectivity index (χ0v) is 11.7. The van der Waals surface area contributed by atoms with E-state index in [0.717, 1.165) is 11.0 Å². The lowest BCUT2D eigenvalue weighted by Crippen LogP contribution is -2.34. The third kappa shape index (κ3) is 3.22. The fourth-order valence-corrected chi connectivity index (χ4v) is 3.34. The van der Waals surface area contributed by atoms with Gasteiger partial charge in [-0.1, -0.05) is 6.92 Å². The number of carbonyl (C=O) groups is 1. The van der Waals surface area contributed by atoms with Gasteiger partial charge in [-0.3, -0.25) is 4.79 Å². The molecule has 1 aromatic rings. The number of hydrogen-bond acceptors (Lipinski definition) is 4. The van der Waals surface area contributed by atoms with E-state index >= 15 is 0 Å². The molecule has 1 aliphatic carbocycles. The van der Waals surface area contributed by atoms with E-state index in [9.17, 15) is 4.79 Å². The van der Waals surface area contributed by atoms with Crippen molar-refractivity contribution >= 4 is 22.4 Å². The number of rotatable bonds is 4. The van der Waals surface area contributed by atoms with Gasteiger partial charge in [0.2, 0.25) is 0 Å². The standard InChI is InChI=1S/C13H20N2O2S/c1-9-3-5-11(6-4-9)15(2)13-14-10(8-18-13)7-12(16)17/h8-9,11H,3-7H2,1-2H3,(H,16,17). The summed E-state index contributed by atoms with van der Waals surface area (Å²) in [6.07, 6.45) is 5.01. The molecular weight excluding hydrogens is 248 g/mol. The Balaban J connectivity index is 1.98. The number of hydrogen-bond donors (Lipinski definition) is 1. The highest BCUT2D eigenvalue weighted by Gasteiger charge is 2.23. The normalized spacial score (nSPS) is 23.9. The molecule has 0 atom stereocenters. The van der Waals surface area contributed by atoms with Gasteiger partial charge < -0.3 is 10.0 Å². The minimum atomic E-state index is -0.819. The van der Waals surface area contributed by atoms with Crippen LogP contribution in [0.25, 0.3) is 0 Å². The molecule has 0 bridgehead atoms. The van der Waals surface area contributed by atoms with Gasteiger partial charge in [-0.15, -0.1) is 11.3 Å². The molecule has 0 aliphatic heterocycles. The van der Waals surface area contributed by atoms with Gasteiger partial charge in [0.05, 0.1) is 12.1 Å². The number of aliphatic carboxylic acids is 1. The van der Waals surface area contributed by atoms with Crippen molar-refractivity contribution in [2.45, 2.75) is 45.1 Å². The second kappa shape index (κ2) is 5.69. The summed E-state index contributed by atoms with van der Waals surface area (Å²) >= 11 is 1.55. The topological polar surface area (TPSA) is 53.4 Å². The molecule has 1 heterocycles. The monoisotopic (exact) mass is 268 g/mol. The van der Waals surface area contributed by atoms with Crippen molar-refractivity contribution in [3.8, 4) is 0 Å². The van der Waals surface area contributed by atoms with Gasteiger partial charge in [0.25, 0.3) is 0 Å². The third-order valence-corrected chi connectivity index (χ3v) is 4.69. The Kier molecular flexibility index (Phi) is 4.22. The number of carboxylic acids is 1. The van der Waals surface area contributed by atoms with E-state index in [4.69, 9.17) is 5.11 Å². The Hall–Kier alpha value is -1.10. The van der Waals surface area contributed by atoms with Crippen LogP contribution in [0.15, 0.2) is 5.38 Å². The third-order valence-electron chi connectivity index (χ3n) is 3.71. The maximum Gasteiger partial charge on any atom is 0.309 e. The van der Waals surface area contributed by atoms with Crippen LogP contribution >= 0.6 is 11.3 Å². The molecule has 0 aromatic carbocycles. The van der Waals surface area contributed by atoms with Crippen molar-refractivity contribution in [2.24, 2.45) is 5.92 Å². The molecule has 4 nitrogen and oxygen atoms in total. The predicted molar refractivity (Wildman–Crippen MR) is 73.3 cm³/mol. The zero-order chi connectivity index (χ0) is 13.1. The quantitative estimate of drug-likeness (QED) is 0.912. The molecule has 1 N–H and O–H groups in total. The molecule has 1 aromatic heterocycles. The first-order valence-corrected chi connectivity index (χ1v) is 7.33. The number of nitrogens with zero attached hydrogens (tertiary/aromatic N) is 2. The van der Waals surface area contributed by atoms with Crippen molar-refractivity contribution in [1.82, 2.24) is 4.98 Å². The number of thiazole rings is 1. The van der Waals surface area contributed by atoms with Crippen LogP contribution in [-0.4, -0.2) is 29.1 Å². The van der Waals surface area contributed by atoms with Gasteiger partial charge >= 0.3 is 5.97 Å². The molecule has 100 valence electrons. The van der Waals surface area contributed by atoms with Gasteiger partial charge in [-0.05, 0) is 31.6 Å². The van der Waals surface area contributed by atoms with Crippen LogP contribution < -0.4 is 4.90 Å². The Labute approximate surface area is 112 Å². The lowest BCUT2D eigenvalue weighted by Gasteiger charge is -2.33. The highest BCUT2D eigenvalue weighted by atomic mass is 32.1. The summed E-state index contributed by atoms with van der Waals surface area (Å²) in [6, 6.07) is 0.560. The average Bonchev–Trinajstić information content (AvgIpc) is 2.76. The number of aromatic nitrogens is 1. The molecule has 1 fully saturated rings. The summed E-state index contributed by atoms with van der Waals surface area (Å²) < 4.78 is 0. The van der Waals surface area contributed by atoms with Crippen LogP contribution in [0.3, 0.4) is 0 Å². The smallest absolute Gasteiger partial charge is 0.309 e. The largest absolute Gasteiger partial charge is 0.481 e. The first-order valence-electron chi connectivity index (χ1n) is 6.45. The first kappa shape index (κ1) is 13.3. The molecule has 2 rings (SSSR count). The van der Waals surface area contributed by atoms with Crippen LogP contribution in [0.1, 0.15) is 38.3 Å².